The number of morpholine rings is 1. The smallest absolute Gasteiger partial charge is 0.262 e. The summed E-state index contributed by atoms with van der Waals surface area (Å²) in [6.07, 6.45) is 9.09. The molecule has 2 aliphatic heterocycles. The molecule has 180 valence electrons. The Kier molecular flexibility index (Phi) is 6.86. The molecule has 5 rings (SSSR count). The molecule has 0 spiro atoms. The van der Waals surface area contributed by atoms with Crippen molar-refractivity contribution in [1.29, 1.82) is 0 Å². The van der Waals surface area contributed by atoms with Gasteiger partial charge in [0.1, 0.15) is 4.83 Å². The number of ether oxygens (including phenoxy) is 1. The number of rotatable bonds is 5. The fourth-order valence-electron chi connectivity index (χ4n) is 5.88. The van der Waals surface area contributed by atoms with Gasteiger partial charge in [-0.15, -0.1) is 11.3 Å². The van der Waals surface area contributed by atoms with E-state index in [1.54, 1.807) is 22.2 Å². The molecule has 7 nitrogen and oxygen atoms in total. The third-order valence-electron chi connectivity index (χ3n) is 7.49. The first kappa shape index (κ1) is 23.0. The lowest BCUT2D eigenvalue weighted by Gasteiger charge is -2.39. The van der Waals surface area contributed by atoms with Gasteiger partial charge in [0.15, 0.2) is 0 Å². The Bertz CT molecular complexity index is 1050. The quantitative estimate of drug-likeness (QED) is 0.669. The van der Waals surface area contributed by atoms with E-state index in [9.17, 15) is 9.59 Å². The second-order valence-corrected chi connectivity index (χ2v) is 11.3. The number of nitrogens with zero attached hydrogens (tertiary/aromatic N) is 4. The Morgan fingerprint density at radius 3 is 2.64 bits per heavy atom. The van der Waals surface area contributed by atoms with Crippen molar-refractivity contribution in [3.05, 3.63) is 27.1 Å². The molecule has 33 heavy (non-hydrogen) atoms. The van der Waals surface area contributed by atoms with Crippen molar-refractivity contribution in [1.82, 2.24) is 19.4 Å². The molecule has 0 aromatic carbocycles. The van der Waals surface area contributed by atoms with Crippen molar-refractivity contribution < 1.29 is 9.53 Å². The standard InChI is InChI=1S/C25H36N4O3S/c1-17-13-27(14-18(2)32-17)15-19-7-10-28(11-8-19)22(30)9-12-29-16-26-24-23(25(29)31)20-5-3-4-6-21(20)33-24/h16-19H,3-15H2,1-2H3. The van der Waals surface area contributed by atoms with Crippen LogP contribution in [0.4, 0.5) is 0 Å². The van der Waals surface area contributed by atoms with Crippen LogP contribution in [0, 0.1) is 5.92 Å². The van der Waals surface area contributed by atoms with Crippen molar-refractivity contribution in [3.8, 4) is 0 Å². The monoisotopic (exact) mass is 472 g/mol. The predicted molar refractivity (Wildman–Crippen MR) is 131 cm³/mol. The van der Waals surface area contributed by atoms with E-state index < -0.39 is 0 Å². The van der Waals surface area contributed by atoms with Crippen LogP contribution in [0.15, 0.2) is 11.1 Å². The minimum atomic E-state index is 0.0277. The highest BCUT2D eigenvalue weighted by molar-refractivity contribution is 7.18. The molecular formula is C25H36N4O3S. The van der Waals surface area contributed by atoms with E-state index in [-0.39, 0.29) is 11.5 Å². The van der Waals surface area contributed by atoms with Gasteiger partial charge in [0, 0.05) is 50.6 Å². The molecule has 0 bridgehead atoms. The molecule has 1 amide bonds. The average molecular weight is 473 g/mol. The van der Waals surface area contributed by atoms with E-state index in [2.05, 4.69) is 23.7 Å². The van der Waals surface area contributed by atoms with E-state index in [0.717, 1.165) is 75.0 Å². The van der Waals surface area contributed by atoms with Gasteiger partial charge in [0.2, 0.25) is 5.91 Å². The zero-order chi connectivity index (χ0) is 22.9. The molecule has 4 heterocycles. The van der Waals surface area contributed by atoms with E-state index in [1.165, 1.54) is 16.9 Å². The van der Waals surface area contributed by atoms with Gasteiger partial charge in [0.25, 0.3) is 5.56 Å². The van der Waals surface area contributed by atoms with Crippen LogP contribution in [0.3, 0.4) is 0 Å². The molecule has 2 atom stereocenters. The number of hydrogen-bond donors (Lipinski definition) is 0. The maximum absolute atomic E-state index is 13.1. The number of thiophene rings is 1. The number of likely N-dealkylation sites (tertiary alicyclic amines) is 1. The van der Waals surface area contributed by atoms with Crippen LogP contribution in [-0.2, 0) is 28.9 Å². The molecule has 3 aliphatic rings. The SMILES string of the molecule is CC1CN(CC2CCN(C(=O)CCn3cnc4sc5c(c4c3=O)CCCC5)CC2)CC(C)O1. The summed E-state index contributed by atoms with van der Waals surface area (Å²) in [7, 11) is 0. The second kappa shape index (κ2) is 9.84. The molecular weight excluding hydrogens is 436 g/mol. The van der Waals surface area contributed by atoms with Crippen LogP contribution >= 0.6 is 11.3 Å². The third-order valence-corrected chi connectivity index (χ3v) is 8.69. The summed E-state index contributed by atoms with van der Waals surface area (Å²) in [5.74, 6) is 0.798. The predicted octanol–water partition coefficient (Wildman–Crippen LogP) is 3.07. The van der Waals surface area contributed by atoms with Crippen molar-refractivity contribution in [2.24, 2.45) is 5.92 Å². The summed E-state index contributed by atoms with van der Waals surface area (Å²) >= 11 is 1.67. The van der Waals surface area contributed by atoms with Crippen LogP contribution in [0.1, 0.15) is 56.4 Å². The maximum Gasteiger partial charge on any atom is 0.262 e. The number of amides is 1. The van der Waals surface area contributed by atoms with Gasteiger partial charge < -0.3 is 9.64 Å². The first-order valence-electron chi connectivity index (χ1n) is 12.6. The van der Waals surface area contributed by atoms with Crippen LogP contribution in [0.2, 0.25) is 0 Å². The van der Waals surface area contributed by atoms with Gasteiger partial charge in [-0.25, -0.2) is 4.98 Å². The third kappa shape index (κ3) is 5.03. The maximum atomic E-state index is 13.1. The topological polar surface area (TPSA) is 67.7 Å². The molecule has 2 aromatic heterocycles. The number of carbonyl (C=O) groups is 1. The molecule has 8 heteroatoms. The van der Waals surface area contributed by atoms with Crippen molar-refractivity contribution >= 4 is 27.5 Å². The molecule has 0 saturated carbocycles. The van der Waals surface area contributed by atoms with E-state index in [4.69, 9.17) is 4.74 Å². The second-order valence-electron chi connectivity index (χ2n) is 10.2. The van der Waals surface area contributed by atoms with E-state index in [1.807, 2.05) is 4.90 Å². The summed E-state index contributed by atoms with van der Waals surface area (Å²) in [4.78, 5) is 37.3. The van der Waals surface area contributed by atoms with Crippen molar-refractivity contribution in [2.45, 2.75) is 77.5 Å². The van der Waals surface area contributed by atoms with Gasteiger partial charge in [-0.1, -0.05) is 0 Å². The fourth-order valence-corrected chi connectivity index (χ4v) is 7.10. The van der Waals surface area contributed by atoms with Crippen molar-refractivity contribution in [3.63, 3.8) is 0 Å². The van der Waals surface area contributed by atoms with E-state index in [0.29, 0.717) is 31.1 Å². The van der Waals surface area contributed by atoms with Gasteiger partial charge in [0.05, 0.1) is 23.9 Å². The van der Waals surface area contributed by atoms with E-state index >= 15 is 0 Å². The highest BCUT2D eigenvalue weighted by Gasteiger charge is 2.28. The van der Waals surface area contributed by atoms with Gasteiger partial charge >= 0.3 is 0 Å². The Morgan fingerprint density at radius 1 is 1.15 bits per heavy atom. The van der Waals surface area contributed by atoms with Crippen LogP contribution in [0.5, 0.6) is 0 Å². The van der Waals surface area contributed by atoms with Crippen LogP contribution in [-0.4, -0.2) is 70.2 Å². The number of aryl methyl sites for hydroxylation is 3. The largest absolute Gasteiger partial charge is 0.373 e. The normalized spacial score (nSPS) is 24.8. The van der Waals surface area contributed by atoms with Crippen LogP contribution in [0.25, 0.3) is 10.2 Å². The number of piperidine rings is 1. The molecule has 2 fully saturated rings. The summed E-state index contributed by atoms with van der Waals surface area (Å²) in [5.41, 5.74) is 1.24. The Morgan fingerprint density at radius 2 is 1.88 bits per heavy atom. The zero-order valence-corrected chi connectivity index (χ0v) is 20.7. The Balaban J connectivity index is 1.14. The summed E-state index contributed by atoms with van der Waals surface area (Å²) in [5, 5.41) is 0.803. The minimum absolute atomic E-state index is 0.0277. The first-order valence-corrected chi connectivity index (χ1v) is 13.4. The summed E-state index contributed by atoms with van der Waals surface area (Å²) < 4.78 is 7.50. The molecule has 0 N–H and O–H groups in total. The molecule has 0 radical (unpaired) electrons. The highest BCUT2D eigenvalue weighted by Crippen LogP contribution is 2.33. The summed E-state index contributed by atoms with van der Waals surface area (Å²) in [6, 6.07) is 0. The summed E-state index contributed by atoms with van der Waals surface area (Å²) in [6.45, 7) is 9.46. The number of hydrogen-bond acceptors (Lipinski definition) is 6. The number of carbonyl (C=O) groups excluding carboxylic acids is 1. The molecule has 2 saturated heterocycles. The lowest BCUT2D eigenvalue weighted by molar-refractivity contribution is -0.133. The zero-order valence-electron chi connectivity index (χ0n) is 19.9. The van der Waals surface area contributed by atoms with Gasteiger partial charge in [-0.3, -0.25) is 19.1 Å². The minimum Gasteiger partial charge on any atom is -0.373 e. The van der Waals surface area contributed by atoms with Crippen LogP contribution < -0.4 is 5.56 Å². The Labute approximate surface area is 199 Å². The Hall–Kier alpha value is -1.77. The number of fused-ring (bicyclic) bond motifs is 3. The van der Waals surface area contributed by atoms with Crippen molar-refractivity contribution in [2.75, 3.05) is 32.7 Å². The lowest BCUT2D eigenvalue weighted by atomic mass is 9.95. The number of aromatic nitrogens is 2. The first-order chi connectivity index (χ1) is 16.0. The highest BCUT2D eigenvalue weighted by atomic mass is 32.1. The molecule has 2 unspecified atom stereocenters. The molecule has 1 aliphatic carbocycles. The average Bonchev–Trinajstić information content (AvgIpc) is 3.17. The van der Waals surface area contributed by atoms with Gasteiger partial charge in [-0.2, -0.15) is 0 Å². The van der Waals surface area contributed by atoms with Gasteiger partial charge in [-0.05, 0) is 63.9 Å². The fraction of sp³-hybridized carbons (Fsp3) is 0.720. The lowest BCUT2D eigenvalue weighted by Crippen LogP contribution is -2.48. The molecule has 2 aromatic rings.